The number of nitriles is 1. The first-order chi connectivity index (χ1) is 8.92. The van der Waals surface area contributed by atoms with E-state index in [0.29, 0.717) is 0 Å². The van der Waals surface area contributed by atoms with E-state index in [1.807, 2.05) is 0 Å². The summed E-state index contributed by atoms with van der Waals surface area (Å²) in [7, 11) is 0. The molecule has 2 rings (SSSR count). The van der Waals surface area contributed by atoms with E-state index in [1.54, 1.807) is 6.08 Å². The Hall–Kier alpha value is -0.810. The van der Waals surface area contributed by atoms with Crippen LogP contribution in [0.25, 0.3) is 0 Å². The molecule has 2 fully saturated rings. The monoisotopic (exact) mass is 246 g/mol. The van der Waals surface area contributed by atoms with Crippen molar-refractivity contribution in [2.45, 2.75) is 76.3 Å². The number of allylic oxidation sites excluding steroid dienone is 1. The van der Waals surface area contributed by atoms with Crippen LogP contribution in [-0.2, 0) is 0 Å². The SMILES string of the molecule is N#C/C=C/CN(C1CCCCC1)C1CCCCC1. The van der Waals surface area contributed by atoms with Crippen molar-refractivity contribution in [1.29, 1.82) is 5.26 Å². The molecule has 18 heavy (non-hydrogen) atoms. The van der Waals surface area contributed by atoms with Gasteiger partial charge in [0.1, 0.15) is 0 Å². The van der Waals surface area contributed by atoms with Crippen molar-refractivity contribution >= 4 is 0 Å². The fourth-order valence-electron chi connectivity index (χ4n) is 3.65. The molecule has 100 valence electrons. The average molecular weight is 246 g/mol. The van der Waals surface area contributed by atoms with Gasteiger partial charge in [-0.05, 0) is 25.7 Å². The third-order valence-electron chi connectivity index (χ3n) is 4.60. The minimum absolute atomic E-state index is 0.783. The van der Waals surface area contributed by atoms with E-state index in [1.165, 1.54) is 64.2 Å². The molecule has 2 aliphatic carbocycles. The predicted octanol–water partition coefficient (Wildman–Crippen LogP) is 4.03. The van der Waals surface area contributed by atoms with Crippen LogP contribution in [0, 0.1) is 11.3 Å². The zero-order valence-electron chi connectivity index (χ0n) is 11.5. The van der Waals surface area contributed by atoms with Crippen LogP contribution >= 0.6 is 0 Å². The van der Waals surface area contributed by atoms with Crippen molar-refractivity contribution in [3.05, 3.63) is 12.2 Å². The van der Waals surface area contributed by atoms with Gasteiger partial charge in [0.25, 0.3) is 0 Å². The number of rotatable bonds is 4. The second kappa shape index (κ2) is 7.59. The lowest BCUT2D eigenvalue weighted by atomic mass is 9.88. The van der Waals surface area contributed by atoms with E-state index < -0.39 is 0 Å². The van der Waals surface area contributed by atoms with E-state index >= 15 is 0 Å². The average Bonchev–Trinajstić information content (AvgIpc) is 2.46. The summed E-state index contributed by atoms with van der Waals surface area (Å²) in [5, 5.41) is 8.64. The molecule has 2 aliphatic rings. The second-order valence-corrected chi connectivity index (χ2v) is 5.81. The molecule has 0 bridgehead atoms. The Morgan fingerprint density at radius 1 is 0.889 bits per heavy atom. The van der Waals surface area contributed by atoms with E-state index in [4.69, 9.17) is 5.26 Å². The summed E-state index contributed by atoms with van der Waals surface area (Å²) in [6, 6.07) is 3.69. The van der Waals surface area contributed by atoms with Crippen LogP contribution in [-0.4, -0.2) is 23.5 Å². The fraction of sp³-hybridized carbons (Fsp3) is 0.812. The van der Waals surface area contributed by atoms with Gasteiger partial charge in [-0.3, -0.25) is 4.90 Å². The lowest BCUT2D eigenvalue weighted by Gasteiger charge is -2.41. The largest absolute Gasteiger partial charge is 0.294 e. The summed E-state index contributed by atoms with van der Waals surface area (Å²) < 4.78 is 0. The minimum atomic E-state index is 0.783. The summed E-state index contributed by atoms with van der Waals surface area (Å²) in [6.07, 6.45) is 17.6. The van der Waals surface area contributed by atoms with Gasteiger partial charge in [-0.15, -0.1) is 0 Å². The number of hydrogen-bond donors (Lipinski definition) is 0. The molecule has 0 atom stereocenters. The molecule has 0 aromatic carbocycles. The zero-order chi connectivity index (χ0) is 12.6. The van der Waals surface area contributed by atoms with E-state index in [-0.39, 0.29) is 0 Å². The highest BCUT2D eigenvalue weighted by atomic mass is 15.2. The third-order valence-corrected chi connectivity index (χ3v) is 4.60. The Balaban J connectivity index is 1.96. The van der Waals surface area contributed by atoms with Crippen LogP contribution in [0.3, 0.4) is 0 Å². The molecule has 2 nitrogen and oxygen atoms in total. The molecule has 0 aromatic rings. The molecule has 0 spiro atoms. The van der Waals surface area contributed by atoms with Gasteiger partial charge in [-0.1, -0.05) is 44.6 Å². The van der Waals surface area contributed by atoms with Crippen molar-refractivity contribution in [2.24, 2.45) is 0 Å². The Labute approximate surface area is 112 Å². The van der Waals surface area contributed by atoms with Crippen LogP contribution in [0.2, 0.25) is 0 Å². The van der Waals surface area contributed by atoms with Gasteiger partial charge in [-0.2, -0.15) is 5.26 Å². The fourth-order valence-corrected chi connectivity index (χ4v) is 3.65. The van der Waals surface area contributed by atoms with Crippen molar-refractivity contribution in [3.63, 3.8) is 0 Å². The first-order valence-electron chi connectivity index (χ1n) is 7.72. The van der Waals surface area contributed by atoms with Gasteiger partial charge < -0.3 is 0 Å². The molecule has 0 radical (unpaired) electrons. The second-order valence-electron chi connectivity index (χ2n) is 5.81. The quantitative estimate of drug-likeness (QED) is 0.700. The van der Waals surface area contributed by atoms with Gasteiger partial charge in [-0.25, -0.2) is 0 Å². The molecule has 0 aliphatic heterocycles. The maximum Gasteiger partial charge on any atom is 0.0909 e. The molecule has 0 saturated heterocycles. The summed E-state index contributed by atoms with van der Waals surface area (Å²) in [4.78, 5) is 2.71. The van der Waals surface area contributed by atoms with Gasteiger partial charge in [0.2, 0.25) is 0 Å². The molecule has 0 heterocycles. The molecule has 0 amide bonds. The van der Waals surface area contributed by atoms with Gasteiger partial charge in [0, 0.05) is 24.7 Å². The van der Waals surface area contributed by atoms with Crippen molar-refractivity contribution in [2.75, 3.05) is 6.54 Å². The van der Waals surface area contributed by atoms with Gasteiger partial charge in [0.15, 0.2) is 0 Å². The van der Waals surface area contributed by atoms with Gasteiger partial charge in [0.05, 0.1) is 6.07 Å². The number of nitrogens with zero attached hydrogens (tertiary/aromatic N) is 2. The molecule has 0 N–H and O–H groups in total. The van der Waals surface area contributed by atoms with Gasteiger partial charge >= 0.3 is 0 Å². The topological polar surface area (TPSA) is 27.0 Å². The molecule has 2 heteroatoms. The maximum atomic E-state index is 8.64. The Morgan fingerprint density at radius 2 is 1.39 bits per heavy atom. The third kappa shape index (κ3) is 3.85. The van der Waals surface area contributed by atoms with Crippen LogP contribution < -0.4 is 0 Å². The van der Waals surface area contributed by atoms with Crippen molar-refractivity contribution in [1.82, 2.24) is 4.90 Å². The number of hydrogen-bond acceptors (Lipinski definition) is 2. The summed E-state index contributed by atoms with van der Waals surface area (Å²) in [5.74, 6) is 0. The molecular formula is C16H26N2. The van der Waals surface area contributed by atoms with E-state index in [9.17, 15) is 0 Å². The summed E-state index contributed by atoms with van der Waals surface area (Å²) in [6.45, 7) is 0.989. The van der Waals surface area contributed by atoms with Crippen molar-refractivity contribution < 1.29 is 0 Å². The van der Waals surface area contributed by atoms with Crippen molar-refractivity contribution in [3.8, 4) is 6.07 Å². The van der Waals surface area contributed by atoms with E-state index in [2.05, 4.69) is 17.0 Å². The van der Waals surface area contributed by atoms with Crippen LogP contribution in [0.1, 0.15) is 64.2 Å². The van der Waals surface area contributed by atoms with E-state index in [0.717, 1.165) is 18.6 Å². The molecular weight excluding hydrogens is 220 g/mol. The molecule has 0 aromatic heterocycles. The first-order valence-corrected chi connectivity index (χ1v) is 7.72. The standard InChI is InChI=1S/C16H26N2/c17-13-7-8-14-18(15-9-3-1-4-10-15)16-11-5-2-6-12-16/h7-8,15-16H,1-6,9-12,14H2/b8-7+. The minimum Gasteiger partial charge on any atom is -0.294 e. The van der Waals surface area contributed by atoms with Crippen LogP contribution in [0.5, 0.6) is 0 Å². The van der Waals surface area contributed by atoms with Crippen LogP contribution in [0.4, 0.5) is 0 Å². The normalized spacial score (nSPS) is 23.6. The molecule has 0 unspecified atom stereocenters. The maximum absolute atomic E-state index is 8.64. The lowest BCUT2D eigenvalue weighted by molar-refractivity contribution is 0.0939. The smallest absolute Gasteiger partial charge is 0.0909 e. The molecule has 2 saturated carbocycles. The zero-order valence-corrected chi connectivity index (χ0v) is 11.5. The highest BCUT2D eigenvalue weighted by Gasteiger charge is 2.27. The Morgan fingerprint density at radius 3 is 1.83 bits per heavy atom. The first kappa shape index (κ1) is 13.6. The Kier molecular flexibility index (Phi) is 5.74. The Bertz CT molecular complexity index is 273. The summed E-state index contributed by atoms with van der Waals surface area (Å²) in [5.41, 5.74) is 0. The van der Waals surface area contributed by atoms with Crippen LogP contribution in [0.15, 0.2) is 12.2 Å². The summed E-state index contributed by atoms with van der Waals surface area (Å²) >= 11 is 0. The highest BCUT2D eigenvalue weighted by Crippen LogP contribution is 2.29. The predicted molar refractivity (Wildman–Crippen MR) is 75.2 cm³/mol. The lowest BCUT2D eigenvalue weighted by Crippen LogP contribution is -2.45. The highest BCUT2D eigenvalue weighted by molar-refractivity contribution is 5.03.